The number of imide groups is 1. The Morgan fingerprint density at radius 1 is 1.33 bits per heavy atom. The Hall–Kier alpha value is -2.68. The standard InChI is InChI=1S/C15H13N3O3/c16-8-10-3-1-2-4-11(10)13(20)18-6-5-15(9-18)7-12(19)17-14(15)21/h1-4H,5-7,9H2,(H,17,19,21)/t15-/m0/s1. The number of likely N-dealkylation sites (tertiary alicyclic amines) is 1. The molecule has 1 N–H and O–H groups in total. The zero-order chi connectivity index (χ0) is 15.0. The molecule has 3 amide bonds. The smallest absolute Gasteiger partial charge is 0.255 e. The zero-order valence-corrected chi connectivity index (χ0v) is 11.3. The fourth-order valence-corrected chi connectivity index (χ4v) is 3.00. The summed E-state index contributed by atoms with van der Waals surface area (Å²) in [5, 5.41) is 11.4. The van der Waals surface area contributed by atoms with E-state index in [4.69, 9.17) is 5.26 Å². The number of nitrogens with one attached hydrogen (secondary N) is 1. The van der Waals surface area contributed by atoms with Crippen molar-refractivity contribution in [1.82, 2.24) is 10.2 Å². The first-order valence-corrected chi connectivity index (χ1v) is 6.68. The normalized spacial score (nSPS) is 24.2. The molecule has 2 aliphatic rings. The molecule has 0 unspecified atom stereocenters. The summed E-state index contributed by atoms with van der Waals surface area (Å²) >= 11 is 0. The van der Waals surface area contributed by atoms with Gasteiger partial charge in [-0.3, -0.25) is 19.7 Å². The van der Waals surface area contributed by atoms with Crippen LogP contribution in [0.25, 0.3) is 0 Å². The van der Waals surface area contributed by atoms with Crippen LogP contribution >= 0.6 is 0 Å². The van der Waals surface area contributed by atoms with Crippen molar-refractivity contribution in [2.45, 2.75) is 12.8 Å². The Morgan fingerprint density at radius 3 is 2.76 bits per heavy atom. The Labute approximate surface area is 121 Å². The maximum Gasteiger partial charge on any atom is 0.255 e. The summed E-state index contributed by atoms with van der Waals surface area (Å²) in [5.41, 5.74) is -0.133. The highest BCUT2D eigenvalue weighted by atomic mass is 16.2. The van der Waals surface area contributed by atoms with Gasteiger partial charge in [0.2, 0.25) is 11.8 Å². The Kier molecular flexibility index (Phi) is 2.98. The summed E-state index contributed by atoms with van der Waals surface area (Å²) in [4.78, 5) is 37.4. The molecule has 2 aliphatic heterocycles. The van der Waals surface area contributed by atoms with Crippen LogP contribution in [0.4, 0.5) is 0 Å². The zero-order valence-electron chi connectivity index (χ0n) is 11.3. The fourth-order valence-electron chi connectivity index (χ4n) is 3.00. The van der Waals surface area contributed by atoms with Crippen molar-refractivity contribution in [2.24, 2.45) is 5.41 Å². The van der Waals surface area contributed by atoms with Crippen LogP contribution < -0.4 is 5.32 Å². The van der Waals surface area contributed by atoms with Gasteiger partial charge in [0, 0.05) is 19.5 Å². The van der Waals surface area contributed by atoms with Gasteiger partial charge in [0.15, 0.2) is 0 Å². The third kappa shape index (κ3) is 2.07. The summed E-state index contributed by atoms with van der Waals surface area (Å²) in [6, 6.07) is 8.59. The number of carbonyl (C=O) groups is 3. The van der Waals surface area contributed by atoms with Crippen LogP contribution in [0.1, 0.15) is 28.8 Å². The Morgan fingerprint density at radius 2 is 2.10 bits per heavy atom. The average Bonchev–Trinajstić information content (AvgIpc) is 3.02. The average molecular weight is 283 g/mol. The van der Waals surface area contributed by atoms with Gasteiger partial charge in [-0.2, -0.15) is 5.26 Å². The van der Waals surface area contributed by atoms with Gasteiger partial charge in [0.25, 0.3) is 5.91 Å². The molecule has 106 valence electrons. The Balaban J connectivity index is 1.84. The highest BCUT2D eigenvalue weighted by Crippen LogP contribution is 2.38. The lowest BCUT2D eigenvalue weighted by molar-refractivity contribution is -0.128. The van der Waals surface area contributed by atoms with Crippen molar-refractivity contribution in [3.8, 4) is 6.07 Å². The van der Waals surface area contributed by atoms with Crippen molar-refractivity contribution in [2.75, 3.05) is 13.1 Å². The maximum atomic E-state index is 12.5. The number of nitriles is 1. The Bertz CT molecular complexity index is 692. The fraction of sp³-hybridized carbons (Fsp3) is 0.333. The maximum absolute atomic E-state index is 12.5. The minimum Gasteiger partial charge on any atom is -0.337 e. The number of benzene rings is 1. The van der Waals surface area contributed by atoms with E-state index in [1.807, 2.05) is 6.07 Å². The summed E-state index contributed by atoms with van der Waals surface area (Å²) in [6.45, 7) is 0.641. The minimum atomic E-state index is -0.783. The molecule has 2 heterocycles. The third-order valence-corrected chi connectivity index (χ3v) is 4.15. The summed E-state index contributed by atoms with van der Waals surface area (Å²) in [7, 11) is 0. The molecule has 21 heavy (non-hydrogen) atoms. The van der Waals surface area contributed by atoms with Gasteiger partial charge >= 0.3 is 0 Å². The molecule has 3 rings (SSSR count). The predicted octanol–water partition coefficient (Wildman–Crippen LogP) is 0.437. The molecule has 0 saturated carbocycles. The molecule has 0 aromatic heterocycles. The SMILES string of the molecule is N#Cc1ccccc1C(=O)N1CC[C@]2(CC(=O)NC2=O)C1. The summed E-state index contributed by atoms with van der Waals surface area (Å²) < 4.78 is 0. The largest absolute Gasteiger partial charge is 0.337 e. The molecule has 1 aromatic rings. The first-order valence-electron chi connectivity index (χ1n) is 6.68. The molecule has 6 heteroatoms. The van der Waals surface area contributed by atoms with Gasteiger partial charge in [0.1, 0.15) is 0 Å². The first kappa shape index (κ1) is 13.3. The van der Waals surface area contributed by atoms with E-state index in [0.29, 0.717) is 24.1 Å². The van der Waals surface area contributed by atoms with Gasteiger partial charge in [0.05, 0.1) is 22.6 Å². The van der Waals surface area contributed by atoms with E-state index >= 15 is 0 Å². The van der Waals surface area contributed by atoms with Crippen LogP contribution in [-0.4, -0.2) is 35.7 Å². The van der Waals surface area contributed by atoms with Crippen molar-refractivity contribution >= 4 is 17.7 Å². The monoisotopic (exact) mass is 283 g/mol. The van der Waals surface area contributed by atoms with Crippen molar-refractivity contribution in [1.29, 1.82) is 5.26 Å². The molecule has 2 fully saturated rings. The van der Waals surface area contributed by atoms with E-state index < -0.39 is 5.41 Å². The highest BCUT2D eigenvalue weighted by molar-refractivity contribution is 6.07. The molecule has 1 spiro atoms. The number of nitrogens with zero attached hydrogens (tertiary/aromatic N) is 2. The number of hydrogen-bond donors (Lipinski definition) is 1. The van der Waals surface area contributed by atoms with E-state index in [1.54, 1.807) is 29.2 Å². The number of rotatable bonds is 1. The summed E-state index contributed by atoms with van der Waals surface area (Å²) in [5.74, 6) is -0.848. The second-order valence-electron chi connectivity index (χ2n) is 5.47. The molecule has 0 aliphatic carbocycles. The first-order chi connectivity index (χ1) is 10.1. The van der Waals surface area contributed by atoms with Crippen molar-refractivity contribution < 1.29 is 14.4 Å². The van der Waals surface area contributed by atoms with Crippen LogP contribution in [0.15, 0.2) is 24.3 Å². The van der Waals surface area contributed by atoms with Crippen LogP contribution in [0.5, 0.6) is 0 Å². The van der Waals surface area contributed by atoms with Gasteiger partial charge < -0.3 is 4.90 Å². The van der Waals surface area contributed by atoms with Crippen LogP contribution in [0.3, 0.4) is 0 Å². The molecule has 1 aromatic carbocycles. The minimum absolute atomic E-state index is 0.134. The molecule has 1 atom stereocenters. The highest BCUT2D eigenvalue weighted by Gasteiger charge is 2.51. The topological polar surface area (TPSA) is 90.3 Å². The van der Waals surface area contributed by atoms with E-state index in [2.05, 4.69) is 5.32 Å². The quantitative estimate of drug-likeness (QED) is 0.757. The van der Waals surface area contributed by atoms with Crippen molar-refractivity contribution in [3.05, 3.63) is 35.4 Å². The summed E-state index contributed by atoms with van der Waals surface area (Å²) in [6.07, 6.45) is 0.612. The molecule has 0 radical (unpaired) electrons. The molecule has 0 bridgehead atoms. The second-order valence-corrected chi connectivity index (χ2v) is 5.47. The third-order valence-electron chi connectivity index (χ3n) is 4.15. The van der Waals surface area contributed by atoms with Crippen LogP contribution in [0, 0.1) is 16.7 Å². The number of carbonyl (C=O) groups excluding carboxylic acids is 3. The molecular formula is C15H13N3O3. The van der Waals surface area contributed by atoms with Gasteiger partial charge in [-0.05, 0) is 18.6 Å². The van der Waals surface area contributed by atoms with Crippen molar-refractivity contribution in [3.63, 3.8) is 0 Å². The van der Waals surface area contributed by atoms with Crippen LogP contribution in [0.2, 0.25) is 0 Å². The van der Waals surface area contributed by atoms with Crippen LogP contribution in [-0.2, 0) is 9.59 Å². The van der Waals surface area contributed by atoms with E-state index in [0.717, 1.165) is 0 Å². The second kappa shape index (κ2) is 4.70. The lowest BCUT2D eigenvalue weighted by Gasteiger charge is -2.20. The lowest BCUT2D eigenvalue weighted by Crippen LogP contribution is -2.36. The van der Waals surface area contributed by atoms with E-state index in [9.17, 15) is 14.4 Å². The lowest BCUT2D eigenvalue weighted by atomic mass is 9.85. The number of hydrogen-bond acceptors (Lipinski definition) is 4. The number of amides is 3. The molecule has 2 saturated heterocycles. The van der Waals surface area contributed by atoms with Gasteiger partial charge in [-0.1, -0.05) is 12.1 Å². The van der Waals surface area contributed by atoms with Gasteiger partial charge in [-0.15, -0.1) is 0 Å². The van der Waals surface area contributed by atoms with E-state index in [1.165, 1.54) is 0 Å². The van der Waals surface area contributed by atoms with E-state index in [-0.39, 0.29) is 30.7 Å². The molecule has 6 nitrogen and oxygen atoms in total. The predicted molar refractivity (Wildman–Crippen MR) is 71.9 cm³/mol. The van der Waals surface area contributed by atoms with Gasteiger partial charge in [-0.25, -0.2) is 0 Å². The molecular weight excluding hydrogens is 270 g/mol.